The molecule has 0 aliphatic heterocycles. The molecule has 0 heterocycles. The third-order valence-electron chi connectivity index (χ3n) is 9.55. The van der Waals surface area contributed by atoms with Crippen LogP contribution in [0.3, 0.4) is 0 Å². The Morgan fingerprint density at radius 1 is 0.388 bits per heavy atom. The Balaban J connectivity index is 0.000000319. The van der Waals surface area contributed by atoms with E-state index in [9.17, 15) is 17.6 Å². The predicted molar refractivity (Wildman–Crippen MR) is 233 cm³/mol. The van der Waals surface area contributed by atoms with Gasteiger partial charge >= 0.3 is 21.2 Å². The van der Waals surface area contributed by atoms with Gasteiger partial charge in [-0.05, 0) is 31.2 Å². The van der Waals surface area contributed by atoms with Crippen molar-refractivity contribution in [3.05, 3.63) is 172 Å². The first-order chi connectivity index (χ1) is 31.6. The molecule has 0 atom stereocenters. The van der Waals surface area contributed by atoms with Crippen molar-refractivity contribution in [2.75, 3.05) is 33.0 Å². The summed E-state index contributed by atoms with van der Waals surface area (Å²) in [5.74, 6) is -30.3. The molecule has 6 aromatic rings. The van der Waals surface area contributed by atoms with Crippen LogP contribution in [0.15, 0.2) is 54.6 Å². The monoisotopic (exact) mass is 1220 g/mol. The van der Waals surface area contributed by atoms with Crippen LogP contribution in [-0.2, 0) is 9.47 Å². The molecule has 0 amide bonds. The third-order valence-corrected chi connectivity index (χ3v) is 15.7. The summed E-state index contributed by atoms with van der Waals surface area (Å²) in [5, 5.41) is -13.9. The van der Waals surface area contributed by atoms with Crippen molar-refractivity contribution in [1.82, 2.24) is 0 Å². The quantitative estimate of drug-likeness (QED) is 0.0272. The van der Waals surface area contributed by atoms with Crippen molar-refractivity contribution in [1.29, 1.82) is 0 Å². The summed E-state index contributed by atoms with van der Waals surface area (Å²) in [6.45, 7) is 5.14. The number of hydrogen-bond donors (Lipinski definition) is 0. The highest BCUT2D eigenvalue weighted by molar-refractivity contribution is 7.22. The molecule has 6 rings (SSSR count). The first kappa shape index (κ1) is 55.2. The zero-order valence-corrected chi connectivity index (χ0v) is 41.2. The number of ether oxygens (including phenoxy) is 3. The lowest BCUT2D eigenvalue weighted by Gasteiger charge is -2.46. The van der Waals surface area contributed by atoms with E-state index in [0.717, 1.165) is 12.4 Å². The van der Waals surface area contributed by atoms with E-state index in [1.165, 1.54) is 7.14 Å². The molecule has 358 valence electrons. The van der Waals surface area contributed by atoms with E-state index in [-0.39, 0.29) is 21.2 Å². The second-order valence-corrected chi connectivity index (χ2v) is 19.2. The molecular formula is C42H22BCl8F12IO3. The highest BCUT2D eigenvalue weighted by atomic mass is 127. The first-order valence-electron chi connectivity index (χ1n) is 18.4. The van der Waals surface area contributed by atoms with Crippen molar-refractivity contribution in [2.24, 2.45) is 0 Å². The van der Waals surface area contributed by atoms with Crippen LogP contribution >= 0.6 is 92.8 Å². The fourth-order valence-corrected chi connectivity index (χ4v) is 11.2. The highest BCUT2D eigenvalue weighted by Gasteiger charge is 2.50. The zero-order valence-electron chi connectivity index (χ0n) is 33.0. The van der Waals surface area contributed by atoms with Gasteiger partial charge in [0, 0.05) is 26.7 Å². The molecule has 0 radical (unpaired) electrons. The summed E-state index contributed by atoms with van der Waals surface area (Å²) in [7, 11) is 0. The lowest BCUT2D eigenvalue weighted by Crippen LogP contribution is -3.61. The summed E-state index contributed by atoms with van der Waals surface area (Å²) < 4.78 is 202. The number of rotatable bonds is 14. The molecule has 6 aromatic carbocycles. The van der Waals surface area contributed by atoms with Crippen molar-refractivity contribution in [2.45, 2.75) is 6.92 Å². The second-order valence-electron chi connectivity index (χ2n) is 13.3. The Morgan fingerprint density at radius 3 is 1.09 bits per heavy atom. The van der Waals surface area contributed by atoms with E-state index in [4.69, 9.17) is 107 Å². The van der Waals surface area contributed by atoms with Crippen LogP contribution in [0, 0.1) is 76.9 Å². The van der Waals surface area contributed by atoms with Crippen LogP contribution in [0.1, 0.15) is 6.92 Å². The molecule has 0 saturated heterocycles. The summed E-state index contributed by atoms with van der Waals surface area (Å²) >= 11 is 46.4. The predicted octanol–water partition coefficient (Wildman–Crippen LogP) is 10.2. The largest absolute Gasteiger partial charge is 0.486 e. The molecule has 0 unspecified atom stereocenters. The number of halogens is 21. The SMILES string of the molecule is CCOCCOCCOc1ccccc1[I+]c1ccccc1.Fc1c(F)c(Cl)c(Cl)c([B-](c2c(F)c(F)c(F)c(Cl)c2Cl)(c2c(F)c(F)c(F)c(Cl)c2Cl)c2c(F)c(F)c(F)c(Cl)c2Cl)c1F. The van der Waals surface area contributed by atoms with Gasteiger partial charge in [-0.1, -0.05) is 123 Å². The summed E-state index contributed by atoms with van der Waals surface area (Å²) in [4.78, 5) is 0. The van der Waals surface area contributed by atoms with Crippen molar-refractivity contribution >= 4 is 121 Å². The fourth-order valence-electron chi connectivity index (χ4n) is 6.68. The Bertz CT molecular complexity index is 2450. The van der Waals surface area contributed by atoms with Gasteiger partial charge in [0.1, 0.15) is 36.0 Å². The van der Waals surface area contributed by atoms with Crippen LogP contribution in [0.2, 0.25) is 40.2 Å². The normalized spacial score (nSPS) is 11.5. The standard InChI is InChI=1S/C24BCl8F12.C18H22IO3/c26-5-1(13(34)21(42)17(38)9(5)30)25(2-6(27)10(31)18(39)22(43)14(2)35,3-7(28)11(32)19(40)23(44)15(3)36)4-8(29)12(33)20(41)24(45)16(4)37;1-2-20-12-13-21-14-15-22-18-11-7-6-10-17(18)19-16-8-4-3-5-9-16/h;3-11H,2,12-15H2,1H3/q-1;+1. The van der Waals surface area contributed by atoms with Gasteiger partial charge in [-0.3, -0.25) is 0 Å². The van der Waals surface area contributed by atoms with Crippen LogP contribution < -0.4 is 47.8 Å². The van der Waals surface area contributed by atoms with Crippen LogP contribution in [0.25, 0.3) is 0 Å². The molecule has 25 heteroatoms. The lowest BCUT2D eigenvalue weighted by molar-refractivity contribution is -0.598. The number of para-hydroxylation sites is 1. The molecule has 0 spiro atoms. The Hall–Kier alpha value is -2.69. The van der Waals surface area contributed by atoms with Gasteiger partial charge in [0.25, 0.3) is 0 Å². The van der Waals surface area contributed by atoms with Gasteiger partial charge in [0.15, 0.2) is 55.9 Å². The Labute approximate surface area is 423 Å². The minimum Gasteiger partial charge on any atom is -0.486 e. The molecule has 0 bridgehead atoms. The van der Waals surface area contributed by atoms with E-state index in [0.29, 0.717) is 26.4 Å². The highest BCUT2D eigenvalue weighted by Crippen LogP contribution is 2.40. The van der Waals surface area contributed by atoms with E-state index < -0.39 is 138 Å². The molecule has 0 saturated carbocycles. The van der Waals surface area contributed by atoms with Gasteiger partial charge < -0.3 is 14.2 Å². The summed E-state index contributed by atoms with van der Waals surface area (Å²) in [6.07, 6.45) is -5.62. The third kappa shape index (κ3) is 10.7. The molecule has 0 aromatic heterocycles. The fraction of sp³-hybridized carbons (Fsp3) is 0.143. The van der Waals surface area contributed by atoms with E-state index >= 15 is 35.1 Å². The maximum atomic E-state index is 16.0. The first-order valence-corrected chi connectivity index (χ1v) is 23.6. The number of hydrogen-bond acceptors (Lipinski definition) is 3. The molecule has 0 fully saturated rings. The second kappa shape index (κ2) is 23.5. The average Bonchev–Trinajstić information content (AvgIpc) is 3.32. The van der Waals surface area contributed by atoms with Crippen molar-refractivity contribution < 1.29 is 88.1 Å². The van der Waals surface area contributed by atoms with Crippen LogP contribution in [0.4, 0.5) is 52.7 Å². The Kier molecular flexibility index (Phi) is 19.4. The smallest absolute Gasteiger partial charge is 0.362 e. The lowest BCUT2D eigenvalue weighted by atomic mass is 9.12. The summed E-state index contributed by atoms with van der Waals surface area (Å²) in [5.41, 5.74) is -8.47. The zero-order chi connectivity index (χ0) is 49.8. The summed E-state index contributed by atoms with van der Waals surface area (Å²) in [6, 6.07) is 18.9. The maximum absolute atomic E-state index is 16.0. The minimum absolute atomic E-state index is 0.213. The van der Waals surface area contributed by atoms with Gasteiger partial charge in [-0.2, -0.15) is 0 Å². The van der Waals surface area contributed by atoms with Gasteiger partial charge in [0.2, 0.25) is 3.57 Å². The van der Waals surface area contributed by atoms with Crippen molar-refractivity contribution in [3.8, 4) is 5.75 Å². The van der Waals surface area contributed by atoms with Crippen molar-refractivity contribution in [3.63, 3.8) is 0 Å². The van der Waals surface area contributed by atoms with E-state index in [1.807, 2.05) is 19.1 Å². The maximum Gasteiger partial charge on any atom is 0.362 e. The Morgan fingerprint density at radius 2 is 0.716 bits per heavy atom. The van der Waals surface area contributed by atoms with E-state index in [2.05, 4.69) is 42.5 Å². The molecule has 0 aliphatic rings. The molecule has 0 N–H and O–H groups in total. The minimum atomic E-state index is -5.62. The van der Waals surface area contributed by atoms with Gasteiger partial charge in [-0.25, -0.2) is 52.7 Å². The van der Waals surface area contributed by atoms with Gasteiger partial charge in [0.05, 0.1) is 39.9 Å². The van der Waals surface area contributed by atoms with E-state index in [1.54, 1.807) is 0 Å². The van der Waals surface area contributed by atoms with Gasteiger partial charge in [-0.15, -0.1) is 21.9 Å². The topological polar surface area (TPSA) is 27.7 Å². The van der Waals surface area contributed by atoms with Crippen LogP contribution in [0.5, 0.6) is 5.75 Å². The average molecular weight is 1220 g/mol. The van der Waals surface area contributed by atoms with Crippen LogP contribution in [-0.4, -0.2) is 39.2 Å². The molecular weight excluding hydrogens is 1200 g/mol. The molecule has 67 heavy (non-hydrogen) atoms. The number of benzene rings is 6. The molecule has 3 nitrogen and oxygen atoms in total. The molecule has 0 aliphatic carbocycles.